The van der Waals surface area contributed by atoms with Gasteiger partial charge in [-0.2, -0.15) is 0 Å². The number of hydrogen-bond acceptors (Lipinski definition) is 4. The van der Waals surface area contributed by atoms with E-state index in [1.54, 1.807) is 19.6 Å². The van der Waals surface area contributed by atoms with Gasteiger partial charge < -0.3 is 109 Å². The molecule has 9 rings (SSSR count). The first-order chi connectivity index (χ1) is 21.8. The maximum atomic E-state index is 3.80. The standard InChI is InChI=1S/C36H60N8.4BrH/c1-6-35-28-36(7-1)32-44-23-5-15-38-17-25-42(21-3-13-40-19-27-44)30-34-10-8-33(9-11-34)29-41-20-2-12-39-18-26-43(31-35)22-4-14-37-16-24-41;;;;/h1,6-11,28,37-40H,2-5,12-27,29-32H2;4*1H. The van der Waals surface area contributed by atoms with E-state index in [1.807, 2.05) is 0 Å². The van der Waals surface area contributed by atoms with Crippen LogP contribution in [0.1, 0.15) is 47.9 Å². The molecule has 2 aromatic carbocycles. The van der Waals surface area contributed by atoms with Crippen LogP contribution in [0.2, 0.25) is 0 Å². The highest BCUT2D eigenvalue weighted by Gasteiger charge is 2.16. The summed E-state index contributed by atoms with van der Waals surface area (Å²) in [6.07, 6.45) is 4.96. The van der Waals surface area contributed by atoms with Gasteiger partial charge in [-0.1, -0.05) is 42.5 Å². The van der Waals surface area contributed by atoms with Crippen molar-refractivity contribution in [2.24, 2.45) is 0 Å². The van der Waals surface area contributed by atoms with Crippen molar-refractivity contribution < 1.29 is 87.5 Å². The maximum Gasteiger partial charge on any atom is 0.103 e. The highest BCUT2D eigenvalue weighted by molar-refractivity contribution is 5.22. The third-order valence-electron chi connectivity index (χ3n) is 9.99. The van der Waals surface area contributed by atoms with Gasteiger partial charge in [-0.25, -0.2) is 0 Å². The second-order valence-corrected chi connectivity index (χ2v) is 13.8. The lowest BCUT2D eigenvalue weighted by Gasteiger charge is -2.23. The normalized spacial score (nSPS) is 25.8. The third-order valence-corrected chi connectivity index (χ3v) is 9.99. The smallest absolute Gasteiger partial charge is 0.103 e. The maximum absolute atomic E-state index is 3.80. The van der Waals surface area contributed by atoms with E-state index in [1.165, 1.54) is 100 Å². The summed E-state index contributed by atoms with van der Waals surface area (Å²) in [7, 11) is 0. The van der Waals surface area contributed by atoms with Crippen molar-refractivity contribution in [3.8, 4) is 0 Å². The Morgan fingerprint density at radius 2 is 0.625 bits per heavy atom. The van der Waals surface area contributed by atoms with E-state index in [-0.39, 0.29) is 67.9 Å². The zero-order valence-corrected chi connectivity index (χ0v) is 35.4. The van der Waals surface area contributed by atoms with E-state index < -0.39 is 0 Å². The zero-order valence-electron chi connectivity index (χ0n) is 29.1. The predicted molar refractivity (Wildman–Crippen MR) is 180 cm³/mol. The molecular weight excluding hydrogens is 864 g/mol. The Kier molecular flexibility index (Phi) is 26.5. The average molecular weight is 929 g/mol. The number of hydrogen-bond donors (Lipinski definition) is 8. The minimum Gasteiger partial charge on any atom is -1.00 e. The van der Waals surface area contributed by atoms with Crippen molar-refractivity contribution in [2.45, 2.75) is 51.9 Å². The monoisotopic (exact) mass is 924 g/mol. The molecule has 2 fully saturated rings. The lowest BCUT2D eigenvalue weighted by Crippen LogP contribution is -3.12. The van der Waals surface area contributed by atoms with Crippen LogP contribution >= 0.6 is 0 Å². The average Bonchev–Trinajstić information content (AvgIpc) is 3.03. The summed E-state index contributed by atoms with van der Waals surface area (Å²) >= 11 is 0. The summed E-state index contributed by atoms with van der Waals surface area (Å²) in [5, 5.41) is 15.2. The number of quaternary nitrogens is 4. The van der Waals surface area contributed by atoms with E-state index >= 15 is 0 Å². The number of rotatable bonds is 0. The Hall–Kier alpha value is 0.0400. The molecule has 7 heterocycles. The van der Waals surface area contributed by atoms with Crippen molar-refractivity contribution in [1.29, 1.82) is 0 Å². The lowest BCUT2D eigenvalue weighted by molar-refractivity contribution is -0.914. The summed E-state index contributed by atoms with van der Waals surface area (Å²) < 4.78 is 0. The minimum atomic E-state index is 0. The Bertz CT molecular complexity index is 956. The molecule has 0 aromatic heterocycles. The van der Waals surface area contributed by atoms with Gasteiger partial charge in [-0.05, 0) is 6.07 Å². The molecule has 0 saturated carbocycles. The Morgan fingerprint density at radius 3 is 0.938 bits per heavy atom. The third kappa shape index (κ3) is 18.0. The number of halogens is 4. The molecule has 12 heteroatoms. The van der Waals surface area contributed by atoms with Gasteiger partial charge in [0.25, 0.3) is 0 Å². The quantitative estimate of drug-likeness (QED) is 0.136. The number of benzene rings is 2. The summed E-state index contributed by atoms with van der Waals surface area (Å²) in [6.45, 7) is 23.2. The van der Waals surface area contributed by atoms with Crippen molar-refractivity contribution in [3.05, 3.63) is 70.8 Å². The molecule has 4 unspecified atom stereocenters. The van der Waals surface area contributed by atoms with E-state index in [4.69, 9.17) is 0 Å². The second-order valence-electron chi connectivity index (χ2n) is 13.8. The highest BCUT2D eigenvalue weighted by atomic mass is 79.9. The summed E-state index contributed by atoms with van der Waals surface area (Å²) in [5.74, 6) is 0. The van der Waals surface area contributed by atoms with Gasteiger partial charge in [-0.15, -0.1) is 0 Å². The van der Waals surface area contributed by atoms with E-state index in [9.17, 15) is 0 Å². The molecule has 8 bridgehead atoms. The molecule has 276 valence electrons. The molecule has 7 aliphatic heterocycles. The van der Waals surface area contributed by atoms with Crippen molar-refractivity contribution in [1.82, 2.24) is 21.3 Å². The molecule has 0 spiro atoms. The van der Waals surface area contributed by atoms with Gasteiger partial charge in [0.1, 0.15) is 26.2 Å². The van der Waals surface area contributed by atoms with Gasteiger partial charge in [0.05, 0.1) is 52.4 Å². The molecule has 48 heavy (non-hydrogen) atoms. The summed E-state index contributed by atoms with van der Waals surface area (Å²) in [6, 6.07) is 19.2. The second kappa shape index (κ2) is 27.7. The Morgan fingerprint density at radius 1 is 0.333 bits per heavy atom. The first-order valence-corrected chi connectivity index (χ1v) is 18.1. The lowest BCUT2D eigenvalue weighted by atomic mass is 10.1. The zero-order chi connectivity index (χ0) is 30.1. The van der Waals surface area contributed by atoms with Crippen LogP contribution in [0.3, 0.4) is 0 Å². The van der Waals surface area contributed by atoms with Crippen molar-refractivity contribution >= 4 is 0 Å². The fourth-order valence-electron chi connectivity index (χ4n) is 7.40. The van der Waals surface area contributed by atoms with Crippen LogP contribution in [0.15, 0.2) is 48.5 Å². The Labute approximate surface area is 334 Å². The van der Waals surface area contributed by atoms with E-state index in [2.05, 4.69) is 69.8 Å². The summed E-state index contributed by atoms with van der Waals surface area (Å²) in [4.78, 5) is 6.83. The van der Waals surface area contributed by atoms with Crippen LogP contribution in [0.4, 0.5) is 0 Å². The fourth-order valence-corrected chi connectivity index (χ4v) is 7.40. The Balaban J connectivity index is 0.00000288. The molecule has 4 atom stereocenters. The first-order valence-electron chi connectivity index (χ1n) is 18.1. The van der Waals surface area contributed by atoms with Crippen molar-refractivity contribution in [2.75, 3.05) is 105 Å². The van der Waals surface area contributed by atoms with Crippen molar-refractivity contribution in [3.63, 3.8) is 0 Å². The highest BCUT2D eigenvalue weighted by Crippen LogP contribution is 2.04. The molecule has 0 amide bonds. The SMILES string of the molecule is [Br-].[Br-].[Br-].[Br-].c1cc2cc(c1)C[NH+]1CCCNCC[NH+](CCCNCC1)Cc1ccc(cc1)C[NH+]1CCCNCC[NH+](CCCNCC1)C2. The van der Waals surface area contributed by atoms with Crippen LogP contribution in [-0.4, -0.2) is 105 Å². The molecule has 2 aromatic rings. The van der Waals surface area contributed by atoms with Gasteiger partial charge in [-0.3, -0.25) is 0 Å². The van der Waals surface area contributed by atoms with E-state index in [0.29, 0.717) is 0 Å². The van der Waals surface area contributed by atoms with Gasteiger partial charge >= 0.3 is 0 Å². The molecule has 2 saturated heterocycles. The minimum absolute atomic E-state index is 0. The predicted octanol–water partition coefficient (Wildman–Crippen LogP) is -15.1. The molecule has 7 aliphatic rings. The van der Waals surface area contributed by atoms with Gasteiger partial charge in [0.2, 0.25) is 0 Å². The molecular formula is C36H64Br4N8. The van der Waals surface area contributed by atoms with Crippen LogP contribution in [0.5, 0.6) is 0 Å². The van der Waals surface area contributed by atoms with Gasteiger partial charge in [0, 0.05) is 100 Å². The molecule has 0 radical (unpaired) electrons. The van der Waals surface area contributed by atoms with Crippen LogP contribution in [0, 0.1) is 0 Å². The van der Waals surface area contributed by atoms with E-state index in [0.717, 1.165) is 78.5 Å². The molecule has 8 N–H and O–H groups in total. The summed E-state index contributed by atoms with van der Waals surface area (Å²) in [5.41, 5.74) is 5.97. The number of fused-ring (bicyclic) bond motifs is 1. The van der Waals surface area contributed by atoms with Crippen LogP contribution in [-0.2, 0) is 26.2 Å². The fraction of sp³-hybridized carbons (Fsp3) is 0.667. The van der Waals surface area contributed by atoms with Gasteiger partial charge in [0.15, 0.2) is 0 Å². The van der Waals surface area contributed by atoms with Crippen LogP contribution < -0.4 is 109 Å². The first kappa shape index (κ1) is 46.1. The van der Waals surface area contributed by atoms with Crippen LogP contribution in [0.25, 0.3) is 0 Å². The molecule has 8 nitrogen and oxygen atoms in total. The topological polar surface area (TPSA) is 65.9 Å². The molecule has 0 aliphatic carbocycles. The number of nitrogens with one attached hydrogen (secondary N) is 8. The largest absolute Gasteiger partial charge is 1.00 e.